The molecule has 1 amide bonds. The lowest BCUT2D eigenvalue weighted by Crippen LogP contribution is -2.40. The van der Waals surface area contributed by atoms with Crippen molar-refractivity contribution in [1.82, 2.24) is 5.32 Å². The quantitative estimate of drug-likeness (QED) is 0.915. The van der Waals surface area contributed by atoms with E-state index in [1.807, 2.05) is 44.3 Å². The molecule has 1 aromatic carbocycles. The first-order chi connectivity index (χ1) is 9.58. The molecular formula is C16H20N2OS. The van der Waals surface area contributed by atoms with E-state index in [0.717, 1.165) is 15.4 Å². The smallest absolute Gasteiger partial charge is 0.261 e. The maximum Gasteiger partial charge on any atom is 0.261 e. The van der Waals surface area contributed by atoms with E-state index in [2.05, 4.69) is 29.3 Å². The van der Waals surface area contributed by atoms with Crippen molar-refractivity contribution in [2.75, 3.05) is 18.5 Å². The van der Waals surface area contributed by atoms with Crippen LogP contribution in [0.2, 0.25) is 0 Å². The second kappa shape index (κ2) is 6.57. The highest BCUT2D eigenvalue weighted by Gasteiger charge is 2.13. The number of para-hydroxylation sites is 1. The maximum atomic E-state index is 12.0. The zero-order valence-corrected chi connectivity index (χ0v) is 12.9. The Hall–Kier alpha value is -1.81. The first-order valence-corrected chi connectivity index (χ1v) is 7.52. The van der Waals surface area contributed by atoms with Gasteiger partial charge in [0.25, 0.3) is 5.91 Å². The number of aryl methyl sites for hydroxylation is 1. The summed E-state index contributed by atoms with van der Waals surface area (Å²) in [6.07, 6.45) is 0. The van der Waals surface area contributed by atoms with Crippen molar-refractivity contribution in [3.8, 4) is 0 Å². The van der Waals surface area contributed by atoms with Crippen LogP contribution in [0.4, 0.5) is 5.69 Å². The summed E-state index contributed by atoms with van der Waals surface area (Å²) >= 11 is 1.53. The van der Waals surface area contributed by atoms with E-state index in [1.54, 1.807) is 0 Å². The third kappa shape index (κ3) is 3.61. The van der Waals surface area contributed by atoms with Crippen molar-refractivity contribution in [3.63, 3.8) is 0 Å². The summed E-state index contributed by atoms with van der Waals surface area (Å²) in [5, 5.41) is 2.99. The van der Waals surface area contributed by atoms with Crippen molar-refractivity contribution >= 4 is 22.9 Å². The average Bonchev–Trinajstić information content (AvgIpc) is 2.91. The SMILES string of the molecule is Cc1ccc(C(=O)NC[C@@H](C)N(C)c2ccccc2)s1. The van der Waals surface area contributed by atoms with Gasteiger partial charge in [-0.05, 0) is 38.1 Å². The van der Waals surface area contributed by atoms with Gasteiger partial charge in [0.15, 0.2) is 0 Å². The van der Waals surface area contributed by atoms with Gasteiger partial charge in [-0.2, -0.15) is 0 Å². The summed E-state index contributed by atoms with van der Waals surface area (Å²) < 4.78 is 0. The predicted octanol–water partition coefficient (Wildman–Crippen LogP) is 3.31. The van der Waals surface area contributed by atoms with Gasteiger partial charge in [0.05, 0.1) is 4.88 Å². The highest BCUT2D eigenvalue weighted by atomic mass is 32.1. The van der Waals surface area contributed by atoms with Crippen LogP contribution < -0.4 is 10.2 Å². The molecule has 0 aliphatic carbocycles. The van der Waals surface area contributed by atoms with Crippen LogP contribution in [-0.2, 0) is 0 Å². The molecule has 0 aliphatic heterocycles. The van der Waals surface area contributed by atoms with Crippen LogP contribution in [0.5, 0.6) is 0 Å². The Labute approximate surface area is 124 Å². The van der Waals surface area contributed by atoms with Crippen molar-refractivity contribution < 1.29 is 4.79 Å². The second-order valence-corrected chi connectivity index (χ2v) is 6.20. The monoisotopic (exact) mass is 288 g/mol. The third-order valence-electron chi connectivity index (χ3n) is 3.35. The van der Waals surface area contributed by atoms with E-state index in [9.17, 15) is 4.79 Å². The molecule has 0 unspecified atom stereocenters. The number of likely N-dealkylation sites (N-methyl/N-ethyl adjacent to an activating group) is 1. The number of amides is 1. The molecule has 2 rings (SSSR count). The van der Waals surface area contributed by atoms with Crippen molar-refractivity contribution in [1.29, 1.82) is 0 Å². The predicted molar refractivity (Wildman–Crippen MR) is 85.7 cm³/mol. The fraction of sp³-hybridized carbons (Fsp3) is 0.312. The molecule has 1 aromatic heterocycles. The number of hydrogen-bond donors (Lipinski definition) is 1. The Balaban J connectivity index is 1.89. The molecule has 0 spiro atoms. The van der Waals surface area contributed by atoms with E-state index in [1.165, 1.54) is 11.3 Å². The van der Waals surface area contributed by atoms with Gasteiger partial charge in [0, 0.05) is 30.2 Å². The van der Waals surface area contributed by atoms with Gasteiger partial charge in [0.2, 0.25) is 0 Å². The number of nitrogens with zero attached hydrogens (tertiary/aromatic N) is 1. The number of anilines is 1. The molecule has 106 valence electrons. The number of carbonyl (C=O) groups excluding carboxylic acids is 1. The zero-order chi connectivity index (χ0) is 14.5. The van der Waals surface area contributed by atoms with Crippen LogP contribution in [0.3, 0.4) is 0 Å². The standard InChI is InChI=1S/C16H20N2OS/c1-12(18(3)14-7-5-4-6-8-14)11-17-16(19)15-10-9-13(2)20-15/h4-10,12H,11H2,1-3H3,(H,17,19)/t12-/m1/s1. The Morgan fingerprint density at radius 1 is 1.25 bits per heavy atom. The molecule has 1 N–H and O–H groups in total. The number of hydrogen-bond acceptors (Lipinski definition) is 3. The minimum absolute atomic E-state index is 0.0106. The number of thiophene rings is 1. The summed E-state index contributed by atoms with van der Waals surface area (Å²) in [4.78, 5) is 16.1. The van der Waals surface area contributed by atoms with E-state index in [4.69, 9.17) is 0 Å². The van der Waals surface area contributed by atoms with Gasteiger partial charge in [0.1, 0.15) is 0 Å². The van der Waals surface area contributed by atoms with E-state index < -0.39 is 0 Å². The Bertz CT molecular complexity index is 565. The van der Waals surface area contributed by atoms with Crippen LogP contribution in [0.25, 0.3) is 0 Å². The molecule has 0 saturated carbocycles. The summed E-state index contributed by atoms with van der Waals surface area (Å²) in [7, 11) is 2.04. The Morgan fingerprint density at radius 2 is 1.95 bits per heavy atom. The summed E-state index contributed by atoms with van der Waals surface area (Å²) in [5.41, 5.74) is 1.15. The number of benzene rings is 1. The van der Waals surface area contributed by atoms with Gasteiger partial charge >= 0.3 is 0 Å². The first-order valence-electron chi connectivity index (χ1n) is 6.70. The summed E-state index contributed by atoms with van der Waals surface area (Å²) in [6, 6.07) is 14.3. The van der Waals surface area contributed by atoms with Crippen molar-refractivity contribution in [3.05, 3.63) is 52.2 Å². The van der Waals surface area contributed by atoms with Gasteiger partial charge in [-0.1, -0.05) is 18.2 Å². The molecule has 0 radical (unpaired) electrons. The van der Waals surface area contributed by atoms with Gasteiger partial charge in [-0.3, -0.25) is 4.79 Å². The van der Waals surface area contributed by atoms with E-state index in [-0.39, 0.29) is 11.9 Å². The molecule has 1 atom stereocenters. The van der Waals surface area contributed by atoms with Crippen molar-refractivity contribution in [2.24, 2.45) is 0 Å². The Kier molecular flexibility index (Phi) is 4.79. The van der Waals surface area contributed by atoms with Crippen LogP contribution in [0.1, 0.15) is 21.5 Å². The second-order valence-electron chi connectivity index (χ2n) is 4.92. The van der Waals surface area contributed by atoms with Crippen LogP contribution in [0.15, 0.2) is 42.5 Å². The van der Waals surface area contributed by atoms with Crippen LogP contribution >= 0.6 is 11.3 Å². The van der Waals surface area contributed by atoms with Gasteiger partial charge < -0.3 is 10.2 Å². The first kappa shape index (κ1) is 14.6. The largest absolute Gasteiger partial charge is 0.370 e. The van der Waals surface area contributed by atoms with E-state index in [0.29, 0.717) is 6.54 Å². The zero-order valence-electron chi connectivity index (χ0n) is 12.1. The minimum Gasteiger partial charge on any atom is -0.370 e. The fourth-order valence-electron chi connectivity index (χ4n) is 1.94. The highest BCUT2D eigenvalue weighted by molar-refractivity contribution is 7.13. The molecular weight excluding hydrogens is 268 g/mol. The van der Waals surface area contributed by atoms with Crippen LogP contribution in [-0.4, -0.2) is 25.5 Å². The molecule has 0 saturated heterocycles. The summed E-state index contributed by atoms with van der Waals surface area (Å²) in [6.45, 7) is 4.74. The van der Waals surface area contributed by atoms with Crippen LogP contribution in [0, 0.1) is 6.92 Å². The van der Waals surface area contributed by atoms with Gasteiger partial charge in [-0.25, -0.2) is 0 Å². The lowest BCUT2D eigenvalue weighted by molar-refractivity contribution is 0.0955. The highest BCUT2D eigenvalue weighted by Crippen LogP contribution is 2.16. The molecule has 0 fully saturated rings. The lowest BCUT2D eigenvalue weighted by atomic mass is 10.2. The van der Waals surface area contributed by atoms with Crippen molar-refractivity contribution in [2.45, 2.75) is 19.9 Å². The topological polar surface area (TPSA) is 32.3 Å². The molecule has 0 aliphatic rings. The third-order valence-corrected chi connectivity index (χ3v) is 4.35. The molecule has 4 heteroatoms. The molecule has 3 nitrogen and oxygen atoms in total. The number of nitrogens with one attached hydrogen (secondary N) is 1. The number of carbonyl (C=O) groups is 1. The normalized spacial score (nSPS) is 11.9. The molecule has 2 aromatic rings. The van der Waals surface area contributed by atoms with E-state index >= 15 is 0 Å². The molecule has 0 bridgehead atoms. The maximum absolute atomic E-state index is 12.0. The average molecular weight is 288 g/mol. The van der Waals surface area contributed by atoms with Gasteiger partial charge in [-0.15, -0.1) is 11.3 Å². The lowest BCUT2D eigenvalue weighted by Gasteiger charge is -2.27. The fourth-order valence-corrected chi connectivity index (χ4v) is 2.72. The minimum atomic E-state index is 0.0106. The summed E-state index contributed by atoms with van der Waals surface area (Å²) in [5.74, 6) is 0.0106. The number of rotatable bonds is 5. The molecule has 1 heterocycles. The molecule has 20 heavy (non-hydrogen) atoms. The Morgan fingerprint density at radius 3 is 2.55 bits per heavy atom.